The van der Waals surface area contributed by atoms with Crippen LogP contribution in [0, 0.1) is 6.92 Å². The molecule has 1 aromatic heterocycles. The Kier molecular flexibility index (Phi) is 5.27. The molecule has 6 heteroatoms. The van der Waals surface area contributed by atoms with Gasteiger partial charge in [0, 0.05) is 45.4 Å². The van der Waals surface area contributed by atoms with Gasteiger partial charge in [-0.05, 0) is 19.1 Å². The number of carbonyl (C=O) groups is 1. The predicted octanol–water partition coefficient (Wildman–Crippen LogP) is 1.94. The fraction of sp³-hybridized carbons (Fsp3) is 0.444. The minimum atomic E-state index is 0.0566. The van der Waals surface area contributed by atoms with Gasteiger partial charge in [-0.1, -0.05) is 18.2 Å². The van der Waals surface area contributed by atoms with Crippen molar-refractivity contribution in [2.24, 2.45) is 0 Å². The first kappa shape index (κ1) is 16.7. The van der Waals surface area contributed by atoms with Crippen LogP contribution in [0.3, 0.4) is 0 Å². The largest absolute Gasteiger partial charge is 0.441 e. The van der Waals surface area contributed by atoms with Crippen molar-refractivity contribution in [3.8, 4) is 11.5 Å². The maximum Gasteiger partial charge on any atom is 0.248 e. The van der Waals surface area contributed by atoms with Crippen molar-refractivity contribution >= 4 is 5.91 Å². The van der Waals surface area contributed by atoms with Crippen LogP contribution in [0.4, 0.5) is 0 Å². The molecule has 1 aliphatic heterocycles. The Morgan fingerprint density at radius 3 is 2.58 bits per heavy atom. The highest BCUT2D eigenvalue weighted by atomic mass is 16.5. The first-order valence-corrected chi connectivity index (χ1v) is 8.18. The molecule has 1 aliphatic rings. The van der Waals surface area contributed by atoms with E-state index in [0.717, 1.165) is 49.7 Å². The third-order valence-corrected chi connectivity index (χ3v) is 4.28. The van der Waals surface area contributed by atoms with Crippen LogP contribution < -0.4 is 0 Å². The van der Waals surface area contributed by atoms with E-state index in [2.05, 4.69) is 9.88 Å². The van der Waals surface area contributed by atoms with E-state index < -0.39 is 0 Å². The van der Waals surface area contributed by atoms with E-state index in [1.165, 1.54) is 0 Å². The van der Waals surface area contributed by atoms with E-state index in [1.807, 2.05) is 42.2 Å². The number of piperazine rings is 1. The van der Waals surface area contributed by atoms with Crippen LogP contribution in [0.25, 0.3) is 11.5 Å². The molecule has 0 aliphatic carbocycles. The number of hydrogen-bond acceptors (Lipinski definition) is 5. The normalized spacial score (nSPS) is 15.7. The predicted molar refractivity (Wildman–Crippen MR) is 90.4 cm³/mol. The second-order valence-electron chi connectivity index (χ2n) is 5.98. The molecule has 128 valence electrons. The molecule has 2 aromatic rings. The fourth-order valence-corrected chi connectivity index (χ4v) is 2.86. The number of rotatable bonds is 5. The van der Waals surface area contributed by atoms with Crippen molar-refractivity contribution < 1.29 is 13.9 Å². The zero-order valence-electron chi connectivity index (χ0n) is 14.2. The zero-order chi connectivity index (χ0) is 16.9. The summed E-state index contributed by atoms with van der Waals surface area (Å²) in [6.07, 6.45) is 0. The first-order valence-electron chi connectivity index (χ1n) is 8.18. The molecule has 1 amide bonds. The van der Waals surface area contributed by atoms with Crippen LogP contribution in [0.5, 0.6) is 0 Å². The third-order valence-electron chi connectivity index (χ3n) is 4.28. The summed E-state index contributed by atoms with van der Waals surface area (Å²) >= 11 is 0. The van der Waals surface area contributed by atoms with Gasteiger partial charge in [0.2, 0.25) is 11.8 Å². The zero-order valence-corrected chi connectivity index (χ0v) is 14.2. The minimum absolute atomic E-state index is 0.0566. The van der Waals surface area contributed by atoms with E-state index in [0.29, 0.717) is 5.89 Å². The van der Waals surface area contributed by atoms with Crippen LogP contribution in [-0.4, -0.2) is 60.6 Å². The second-order valence-corrected chi connectivity index (χ2v) is 5.98. The fourth-order valence-electron chi connectivity index (χ4n) is 2.86. The topological polar surface area (TPSA) is 58.8 Å². The quantitative estimate of drug-likeness (QED) is 0.839. The van der Waals surface area contributed by atoms with Gasteiger partial charge < -0.3 is 14.1 Å². The SMILES string of the molecule is COCC(=O)N1CCN(Cc2nc(-c3ccccc3)oc2C)CC1. The van der Waals surface area contributed by atoms with Crippen molar-refractivity contribution in [3.05, 3.63) is 41.8 Å². The summed E-state index contributed by atoms with van der Waals surface area (Å²) in [5.74, 6) is 1.57. The van der Waals surface area contributed by atoms with E-state index in [1.54, 1.807) is 7.11 Å². The standard InChI is InChI=1S/C18H23N3O3/c1-14-16(19-18(24-14)15-6-4-3-5-7-15)12-20-8-10-21(11-9-20)17(22)13-23-2/h3-7H,8-13H2,1-2H3. The minimum Gasteiger partial charge on any atom is -0.441 e. The van der Waals surface area contributed by atoms with Crippen LogP contribution >= 0.6 is 0 Å². The van der Waals surface area contributed by atoms with Crippen molar-refractivity contribution in [2.75, 3.05) is 39.9 Å². The Bertz CT molecular complexity index is 676. The smallest absolute Gasteiger partial charge is 0.248 e. The number of methoxy groups -OCH3 is 1. The summed E-state index contributed by atoms with van der Waals surface area (Å²) in [6, 6.07) is 9.92. The van der Waals surface area contributed by atoms with Gasteiger partial charge in [0.15, 0.2) is 0 Å². The molecule has 0 bridgehead atoms. The summed E-state index contributed by atoms with van der Waals surface area (Å²) in [5, 5.41) is 0. The van der Waals surface area contributed by atoms with Crippen molar-refractivity contribution in [1.29, 1.82) is 0 Å². The average molecular weight is 329 g/mol. The molecular formula is C18H23N3O3. The first-order chi connectivity index (χ1) is 11.7. The molecule has 0 radical (unpaired) electrons. The van der Waals surface area contributed by atoms with E-state index >= 15 is 0 Å². The highest BCUT2D eigenvalue weighted by Crippen LogP contribution is 2.22. The number of carbonyl (C=O) groups excluding carboxylic acids is 1. The maximum absolute atomic E-state index is 11.8. The lowest BCUT2D eigenvalue weighted by Gasteiger charge is -2.34. The highest BCUT2D eigenvalue weighted by Gasteiger charge is 2.22. The van der Waals surface area contributed by atoms with Gasteiger partial charge >= 0.3 is 0 Å². The summed E-state index contributed by atoms with van der Waals surface area (Å²) in [6.45, 7) is 5.98. The molecule has 1 aromatic carbocycles. The molecule has 1 fully saturated rings. The van der Waals surface area contributed by atoms with Crippen LogP contribution in [0.15, 0.2) is 34.7 Å². The molecule has 0 N–H and O–H groups in total. The van der Waals surface area contributed by atoms with Gasteiger partial charge in [0.1, 0.15) is 12.4 Å². The maximum atomic E-state index is 11.8. The monoisotopic (exact) mass is 329 g/mol. The van der Waals surface area contributed by atoms with Gasteiger partial charge in [-0.15, -0.1) is 0 Å². The Morgan fingerprint density at radius 1 is 1.21 bits per heavy atom. The third kappa shape index (κ3) is 3.83. The number of benzene rings is 1. The molecule has 0 saturated carbocycles. The van der Waals surface area contributed by atoms with Crippen LogP contribution in [-0.2, 0) is 16.1 Å². The van der Waals surface area contributed by atoms with Gasteiger partial charge in [0.25, 0.3) is 0 Å². The van der Waals surface area contributed by atoms with Crippen molar-refractivity contribution in [2.45, 2.75) is 13.5 Å². The number of ether oxygens (including phenoxy) is 1. The van der Waals surface area contributed by atoms with E-state index in [-0.39, 0.29) is 12.5 Å². The molecule has 0 atom stereocenters. The Morgan fingerprint density at radius 2 is 1.92 bits per heavy atom. The van der Waals surface area contributed by atoms with Gasteiger partial charge in [-0.2, -0.15) is 0 Å². The van der Waals surface area contributed by atoms with E-state index in [4.69, 9.17) is 9.15 Å². The van der Waals surface area contributed by atoms with Crippen molar-refractivity contribution in [1.82, 2.24) is 14.8 Å². The molecule has 1 saturated heterocycles. The van der Waals surface area contributed by atoms with Crippen molar-refractivity contribution in [3.63, 3.8) is 0 Å². The lowest BCUT2D eigenvalue weighted by Crippen LogP contribution is -2.49. The highest BCUT2D eigenvalue weighted by molar-refractivity contribution is 5.77. The summed E-state index contributed by atoms with van der Waals surface area (Å²) < 4.78 is 10.7. The number of aryl methyl sites for hydroxylation is 1. The van der Waals surface area contributed by atoms with Crippen LogP contribution in [0.1, 0.15) is 11.5 Å². The lowest BCUT2D eigenvalue weighted by molar-refractivity contribution is -0.136. The second kappa shape index (κ2) is 7.59. The van der Waals surface area contributed by atoms with Gasteiger partial charge in [-0.3, -0.25) is 9.69 Å². The Balaban J connectivity index is 1.60. The molecule has 2 heterocycles. The Hall–Kier alpha value is -2.18. The molecule has 24 heavy (non-hydrogen) atoms. The van der Waals surface area contributed by atoms with Crippen LogP contribution in [0.2, 0.25) is 0 Å². The molecular weight excluding hydrogens is 306 g/mol. The number of nitrogens with zero attached hydrogens (tertiary/aromatic N) is 3. The van der Waals surface area contributed by atoms with Gasteiger partial charge in [-0.25, -0.2) is 4.98 Å². The molecule has 0 spiro atoms. The number of amides is 1. The molecule has 6 nitrogen and oxygen atoms in total. The molecule has 0 unspecified atom stereocenters. The number of oxazole rings is 1. The Labute approximate surface area is 142 Å². The summed E-state index contributed by atoms with van der Waals surface area (Å²) in [5.41, 5.74) is 1.95. The number of aromatic nitrogens is 1. The van der Waals surface area contributed by atoms with Gasteiger partial charge in [0.05, 0.1) is 5.69 Å². The van der Waals surface area contributed by atoms with E-state index in [9.17, 15) is 4.79 Å². The number of hydrogen-bond donors (Lipinski definition) is 0. The summed E-state index contributed by atoms with van der Waals surface area (Å²) in [4.78, 5) is 20.6. The average Bonchev–Trinajstić information content (AvgIpc) is 2.97. The summed E-state index contributed by atoms with van der Waals surface area (Å²) in [7, 11) is 1.55. The molecule has 3 rings (SSSR count). The lowest BCUT2D eigenvalue weighted by atomic mass is 10.2.